The second-order valence-corrected chi connectivity index (χ2v) is 8.97. The van der Waals surface area contributed by atoms with Crippen LogP contribution in [0.3, 0.4) is 0 Å². The summed E-state index contributed by atoms with van der Waals surface area (Å²) in [4.78, 5) is 36.9. The summed E-state index contributed by atoms with van der Waals surface area (Å²) in [6, 6.07) is 12.8. The minimum absolute atomic E-state index is 0.160. The molecule has 0 saturated carbocycles. The lowest BCUT2D eigenvalue weighted by Gasteiger charge is -2.24. The van der Waals surface area contributed by atoms with Gasteiger partial charge in [0.25, 0.3) is 5.91 Å². The van der Waals surface area contributed by atoms with Crippen molar-refractivity contribution in [2.75, 3.05) is 18.5 Å². The smallest absolute Gasteiger partial charge is 0.346 e. The van der Waals surface area contributed by atoms with E-state index in [1.54, 1.807) is 18.2 Å². The first-order valence-electron chi connectivity index (χ1n) is 10.7. The number of amides is 2. The maximum atomic E-state index is 12.7. The predicted molar refractivity (Wildman–Crippen MR) is 129 cm³/mol. The third kappa shape index (κ3) is 4.60. The summed E-state index contributed by atoms with van der Waals surface area (Å²) in [7, 11) is 0. The van der Waals surface area contributed by atoms with Crippen LogP contribution < -0.4 is 20.5 Å². The molecule has 1 aromatic heterocycles. The molecule has 0 radical (unpaired) electrons. The number of carboxylic acid groups (broad SMARTS) is 1. The Labute approximate surface area is 200 Å². The molecule has 0 spiro atoms. The molecule has 8 nitrogen and oxygen atoms in total. The molecule has 34 heavy (non-hydrogen) atoms. The first-order valence-corrected chi connectivity index (χ1v) is 11.5. The summed E-state index contributed by atoms with van der Waals surface area (Å²) >= 11 is 1.16. The van der Waals surface area contributed by atoms with Crippen LogP contribution in [-0.4, -0.2) is 36.1 Å². The number of carboxylic acids is 1. The molecule has 0 saturated heterocycles. The predicted octanol–water partition coefficient (Wildman–Crippen LogP) is 4.16. The highest BCUT2D eigenvalue weighted by molar-refractivity contribution is 7.15. The van der Waals surface area contributed by atoms with Crippen LogP contribution in [0.2, 0.25) is 0 Å². The molecule has 2 amide bonds. The minimum atomic E-state index is -1.05. The van der Waals surface area contributed by atoms with Crippen molar-refractivity contribution in [2.45, 2.75) is 26.2 Å². The van der Waals surface area contributed by atoms with Crippen molar-refractivity contribution in [2.24, 2.45) is 5.73 Å². The van der Waals surface area contributed by atoms with Gasteiger partial charge in [0.1, 0.15) is 4.88 Å². The van der Waals surface area contributed by atoms with Crippen molar-refractivity contribution >= 4 is 34.8 Å². The number of fused-ring (bicyclic) bond motifs is 1. The van der Waals surface area contributed by atoms with Gasteiger partial charge in [0.05, 0.1) is 12.3 Å². The lowest BCUT2D eigenvalue weighted by molar-refractivity contribution is -0.120. The summed E-state index contributed by atoms with van der Waals surface area (Å²) in [5.74, 6) is -1.44. The normalized spacial score (nSPS) is 14.8. The van der Waals surface area contributed by atoms with Crippen LogP contribution in [0.1, 0.15) is 44.9 Å². The second kappa shape index (κ2) is 9.56. The van der Waals surface area contributed by atoms with Gasteiger partial charge in [0.2, 0.25) is 5.91 Å². The number of carbonyl (C=O) groups is 3. The fourth-order valence-electron chi connectivity index (χ4n) is 3.98. The van der Waals surface area contributed by atoms with E-state index >= 15 is 0 Å². The number of aryl methyl sites for hydroxylation is 1. The van der Waals surface area contributed by atoms with E-state index < -0.39 is 11.9 Å². The van der Waals surface area contributed by atoms with Crippen LogP contribution in [0.15, 0.2) is 42.5 Å². The van der Waals surface area contributed by atoms with Crippen molar-refractivity contribution in [3.8, 4) is 22.6 Å². The van der Waals surface area contributed by atoms with E-state index in [0.29, 0.717) is 29.4 Å². The lowest BCUT2D eigenvalue weighted by Crippen LogP contribution is -2.22. The van der Waals surface area contributed by atoms with E-state index in [0.717, 1.165) is 32.9 Å². The molecule has 0 bridgehead atoms. The number of anilines is 1. The van der Waals surface area contributed by atoms with Gasteiger partial charge in [-0.2, -0.15) is 0 Å². The minimum Gasteiger partial charge on any atom is -0.490 e. The Balaban J connectivity index is 1.82. The fraction of sp³-hybridized carbons (Fsp3) is 0.240. The molecule has 1 atom stereocenters. The number of hydrogen-bond donors (Lipinski definition) is 3. The monoisotopic (exact) mass is 480 g/mol. The molecule has 0 fully saturated rings. The molecule has 4 rings (SSSR count). The second-order valence-electron chi connectivity index (χ2n) is 7.92. The first-order chi connectivity index (χ1) is 16.3. The van der Waals surface area contributed by atoms with Crippen molar-refractivity contribution in [3.63, 3.8) is 0 Å². The summed E-state index contributed by atoms with van der Waals surface area (Å²) in [6.07, 6.45) is 0.160. The van der Waals surface area contributed by atoms with Crippen molar-refractivity contribution in [3.05, 3.63) is 63.3 Å². The van der Waals surface area contributed by atoms with Gasteiger partial charge in [-0.1, -0.05) is 35.9 Å². The summed E-state index contributed by atoms with van der Waals surface area (Å²) < 4.78 is 11.1. The van der Waals surface area contributed by atoms with Crippen LogP contribution >= 0.6 is 11.3 Å². The number of primary amides is 1. The third-order valence-electron chi connectivity index (χ3n) is 5.48. The number of carbonyl (C=O) groups excluding carboxylic acids is 2. The van der Waals surface area contributed by atoms with Crippen LogP contribution in [0.5, 0.6) is 11.5 Å². The first kappa shape index (κ1) is 23.3. The molecular formula is C25H24N2O6S. The quantitative estimate of drug-likeness (QED) is 0.444. The summed E-state index contributed by atoms with van der Waals surface area (Å²) in [6.45, 7) is 3.85. The summed E-state index contributed by atoms with van der Waals surface area (Å²) in [5.41, 5.74) is 8.77. The van der Waals surface area contributed by atoms with E-state index in [1.807, 2.05) is 38.1 Å². The Morgan fingerprint density at radius 2 is 1.88 bits per heavy atom. The highest BCUT2D eigenvalue weighted by Gasteiger charge is 2.34. The van der Waals surface area contributed by atoms with E-state index in [1.165, 1.54) is 0 Å². The van der Waals surface area contributed by atoms with Crippen molar-refractivity contribution in [1.29, 1.82) is 0 Å². The number of nitrogens with one attached hydrogen (secondary N) is 1. The average Bonchev–Trinajstić information content (AvgIpc) is 3.18. The number of hydrogen-bond acceptors (Lipinski definition) is 6. The Morgan fingerprint density at radius 1 is 1.15 bits per heavy atom. The number of nitrogens with two attached hydrogens (primary N) is 1. The Hall–Kier alpha value is -3.85. The molecule has 0 aliphatic carbocycles. The van der Waals surface area contributed by atoms with Crippen LogP contribution in [0.25, 0.3) is 11.1 Å². The standard InChI is InChI=1S/C25H24N2O6S/c1-3-32-18-10-15(8-9-17(18)33-12-19(26)28)16-11-20(29)27-22-21(14-6-4-13(2)5-7-14)24(25(30)31)34-23(16)22/h4-10,16H,3,11-12H2,1-2H3,(H2,26,28)(H,27,29)(H,30,31)/t16-/m1/s1. The number of thiophene rings is 1. The maximum Gasteiger partial charge on any atom is 0.346 e. The van der Waals surface area contributed by atoms with Crippen molar-refractivity contribution < 1.29 is 29.0 Å². The molecule has 0 unspecified atom stereocenters. The third-order valence-corrected chi connectivity index (χ3v) is 6.77. The Bertz CT molecular complexity index is 1270. The Kier molecular flexibility index (Phi) is 6.56. The SMILES string of the molecule is CCOc1cc([C@H]2CC(=O)Nc3c2sc(C(=O)O)c3-c2ccc(C)cc2)ccc1OCC(N)=O. The molecule has 1 aliphatic heterocycles. The van der Waals surface area contributed by atoms with Gasteiger partial charge in [-0.15, -0.1) is 11.3 Å². The molecule has 2 aromatic carbocycles. The zero-order valence-corrected chi connectivity index (χ0v) is 19.5. The number of rotatable bonds is 8. The molecule has 2 heterocycles. The highest BCUT2D eigenvalue weighted by atomic mass is 32.1. The van der Waals surface area contributed by atoms with Gasteiger partial charge in [-0.25, -0.2) is 4.79 Å². The van der Waals surface area contributed by atoms with Crippen LogP contribution in [0.4, 0.5) is 5.69 Å². The number of ether oxygens (including phenoxy) is 2. The van der Waals surface area contributed by atoms with Gasteiger partial charge in [0.15, 0.2) is 18.1 Å². The van der Waals surface area contributed by atoms with E-state index in [-0.39, 0.29) is 29.7 Å². The molecule has 4 N–H and O–H groups in total. The topological polar surface area (TPSA) is 128 Å². The Morgan fingerprint density at radius 3 is 2.53 bits per heavy atom. The molecule has 176 valence electrons. The summed E-state index contributed by atoms with van der Waals surface area (Å²) in [5, 5.41) is 12.8. The number of benzene rings is 2. The molecule has 9 heteroatoms. The maximum absolute atomic E-state index is 12.7. The van der Waals surface area contributed by atoms with Crippen molar-refractivity contribution in [1.82, 2.24) is 0 Å². The molecular weight excluding hydrogens is 456 g/mol. The largest absolute Gasteiger partial charge is 0.490 e. The number of aromatic carboxylic acids is 1. The zero-order valence-electron chi connectivity index (χ0n) is 18.7. The molecule has 1 aliphatic rings. The van der Waals surface area contributed by atoms with Crippen LogP contribution in [0, 0.1) is 6.92 Å². The van der Waals surface area contributed by atoms with Gasteiger partial charge in [-0.3, -0.25) is 9.59 Å². The fourth-order valence-corrected chi connectivity index (χ4v) is 5.23. The van der Waals surface area contributed by atoms with E-state index in [4.69, 9.17) is 15.2 Å². The van der Waals surface area contributed by atoms with Crippen LogP contribution in [-0.2, 0) is 9.59 Å². The molecule has 3 aromatic rings. The highest BCUT2D eigenvalue weighted by Crippen LogP contribution is 2.50. The average molecular weight is 481 g/mol. The van der Waals surface area contributed by atoms with E-state index in [9.17, 15) is 19.5 Å². The lowest BCUT2D eigenvalue weighted by atomic mass is 9.88. The van der Waals surface area contributed by atoms with E-state index in [2.05, 4.69) is 5.32 Å². The van der Waals surface area contributed by atoms with Gasteiger partial charge < -0.3 is 25.6 Å². The van der Waals surface area contributed by atoms with Gasteiger partial charge in [-0.05, 0) is 37.1 Å². The zero-order chi connectivity index (χ0) is 24.4. The van der Waals surface area contributed by atoms with Gasteiger partial charge in [0, 0.05) is 22.8 Å². The van der Waals surface area contributed by atoms with Gasteiger partial charge >= 0.3 is 5.97 Å².